The van der Waals surface area contributed by atoms with Gasteiger partial charge in [0, 0.05) is 25.8 Å². The Balaban J connectivity index is 1.30. The van der Waals surface area contributed by atoms with Crippen LogP contribution in [0.25, 0.3) is 11.9 Å². The Kier molecular flexibility index (Phi) is 5.25. The van der Waals surface area contributed by atoms with Crippen molar-refractivity contribution in [2.75, 3.05) is 13.1 Å². The number of rotatable bonds is 5. The SMILES string of the molecule is O=C(O)C12CCC(CN3CCc4cc(/C(F)=C/c5cccc(O)c5Cl)ncc4C3)(CC1)C2. The van der Waals surface area contributed by atoms with Gasteiger partial charge in [0.15, 0.2) is 0 Å². The highest BCUT2D eigenvalue weighted by molar-refractivity contribution is 6.33. The van der Waals surface area contributed by atoms with E-state index in [1.807, 2.05) is 0 Å². The standard InChI is InChI=1S/C25H26ClFN2O3/c26-22-17(2-1-3-21(22)30)10-19(27)20-11-16-4-9-29(13-18(16)12-28-20)15-24-5-7-25(14-24,8-6-24)23(31)32/h1-3,10-12,30H,4-9,13-15H2,(H,31,32)/b19-10-. The fraction of sp³-hybridized carbons (Fsp3) is 0.440. The average Bonchev–Trinajstić information content (AvgIpc) is 3.34. The summed E-state index contributed by atoms with van der Waals surface area (Å²) in [5, 5.41) is 19.5. The van der Waals surface area contributed by atoms with Crippen LogP contribution in [0.1, 0.15) is 54.5 Å². The van der Waals surface area contributed by atoms with Crippen LogP contribution < -0.4 is 0 Å². The van der Waals surface area contributed by atoms with Gasteiger partial charge in [-0.3, -0.25) is 14.7 Å². The summed E-state index contributed by atoms with van der Waals surface area (Å²) in [4.78, 5) is 18.5. The van der Waals surface area contributed by atoms with Crippen molar-refractivity contribution in [1.29, 1.82) is 0 Å². The molecule has 7 heteroatoms. The van der Waals surface area contributed by atoms with Gasteiger partial charge in [0.1, 0.15) is 11.6 Å². The maximum Gasteiger partial charge on any atom is 0.309 e. The van der Waals surface area contributed by atoms with Gasteiger partial charge in [-0.15, -0.1) is 0 Å². The molecule has 3 aliphatic rings. The Morgan fingerprint density at radius 3 is 2.75 bits per heavy atom. The maximum absolute atomic E-state index is 14.9. The maximum atomic E-state index is 14.9. The van der Waals surface area contributed by atoms with Crippen molar-refractivity contribution >= 4 is 29.5 Å². The summed E-state index contributed by atoms with van der Waals surface area (Å²) in [6.07, 6.45) is 8.23. The number of benzene rings is 1. The molecule has 5 rings (SSSR count). The number of fused-ring (bicyclic) bond motifs is 3. The minimum atomic E-state index is -0.625. The second-order valence-corrected chi connectivity index (χ2v) is 10.1. The van der Waals surface area contributed by atoms with E-state index in [-0.39, 0.29) is 21.9 Å². The summed E-state index contributed by atoms with van der Waals surface area (Å²) in [5.74, 6) is -1.21. The van der Waals surface area contributed by atoms with Gasteiger partial charge < -0.3 is 10.2 Å². The van der Waals surface area contributed by atoms with E-state index >= 15 is 0 Å². The number of pyridine rings is 1. The molecule has 0 atom stereocenters. The van der Waals surface area contributed by atoms with Crippen molar-refractivity contribution in [2.24, 2.45) is 10.8 Å². The minimum Gasteiger partial charge on any atom is -0.506 e. The molecule has 0 amide bonds. The number of nitrogens with zero attached hydrogens (tertiary/aromatic N) is 2. The van der Waals surface area contributed by atoms with Gasteiger partial charge in [-0.25, -0.2) is 4.39 Å². The Morgan fingerprint density at radius 2 is 2.03 bits per heavy atom. The van der Waals surface area contributed by atoms with Crippen molar-refractivity contribution in [2.45, 2.75) is 45.1 Å². The highest BCUT2D eigenvalue weighted by atomic mass is 35.5. The normalized spacial score (nSPS) is 27.5. The first-order valence-corrected chi connectivity index (χ1v) is 11.5. The molecule has 1 aliphatic heterocycles. The third-order valence-corrected chi connectivity index (χ3v) is 8.12. The number of phenols is 1. The van der Waals surface area contributed by atoms with E-state index in [1.165, 1.54) is 12.1 Å². The number of aliphatic carboxylic acids is 1. The zero-order chi connectivity index (χ0) is 22.5. The van der Waals surface area contributed by atoms with Crippen molar-refractivity contribution in [3.8, 4) is 5.75 Å². The van der Waals surface area contributed by atoms with Gasteiger partial charge in [0.25, 0.3) is 0 Å². The van der Waals surface area contributed by atoms with Gasteiger partial charge in [0.05, 0.1) is 16.1 Å². The lowest BCUT2D eigenvalue weighted by atomic mass is 9.81. The van der Waals surface area contributed by atoms with E-state index < -0.39 is 17.2 Å². The highest BCUT2D eigenvalue weighted by Crippen LogP contribution is 2.62. The Hall–Kier alpha value is -2.44. The number of halogens is 2. The van der Waals surface area contributed by atoms with Gasteiger partial charge >= 0.3 is 5.97 Å². The van der Waals surface area contributed by atoms with Gasteiger partial charge in [0.2, 0.25) is 0 Å². The summed E-state index contributed by atoms with van der Waals surface area (Å²) in [6.45, 7) is 2.56. The molecule has 0 saturated heterocycles. The number of phenolic OH excluding ortho intramolecular Hbond substituents is 1. The first kappa shape index (κ1) is 21.4. The summed E-state index contributed by atoms with van der Waals surface area (Å²) in [5.41, 5.74) is 2.48. The topological polar surface area (TPSA) is 73.7 Å². The Labute approximate surface area is 191 Å². The highest BCUT2D eigenvalue weighted by Gasteiger charge is 2.58. The van der Waals surface area contributed by atoms with E-state index in [9.17, 15) is 19.4 Å². The molecule has 2 aliphatic carbocycles. The second-order valence-electron chi connectivity index (χ2n) is 9.73. The van der Waals surface area contributed by atoms with E-state index in [0.29, 0.717) is 5.56 Å². The quantitative estimate of drug-likeness (QED) is 0.638. The number of aromatic nitrogens is 1. The van der Waals surface area contributed by atoms with Gasteiger partial charge in [-0.2, -0.15) is 0 Å². The monoisotopic (exact) mass is 456 g/mol. The van der Waals surface area contributed by atoms with Crippen LogP contribution in [0.15, 0.2) is 30.5 Å². The number of aromatic hydroxyl groups is 1. The molecule has 2 N–H and O–H groups in total. The van der Waals surface area contributed by atoms with E-state index in [2.05, 4.69) is 9.88 Å². The van der Waals surface area contributed by atoms with Crippen LogP contribution in [0.5, 0.6) is 5.75 Å². The predicted molar refractivity (Wildman–Crippen MR) is 121 cm³/mol. The molecule has 2 saturated carbocycles. The van der Waals surface area contributed by atoms with Crippen molar-refractivity contribution in [1.82, 2.24) is 9.88 Å². The predicted octanol–water partition coefficient (Wildman–Crippen LogP) is 5.30. The van der Waals surface area contributed by atoms with Crippen molar-refractivity contribution in [3.05, 3.63) is 57.9 Å². The third-order valence-electron chi connectivity index (χ3n) is 7.70. The molecule has 0 radical (unpaired) electrons. The van der Waals surface area contributed by atoms with Crippen molar-refractivity contribution < 1.29 is 19.4 Å². The zero-order valence-electron chi connectivity index (χ0n) is 17.8. The lowest BCUT2D eigenvalue weighted by molar-refractivity contribution is -0.148. The van der Waals surface area contributed by atoms with E-state index in [4.69, 9.17) is 11.6 Å². The van der Waals surface area contributed by atoms with E-state index in [1.54, 1.807) is 24.4 Å². The molecule has 2 fully saturated rings. The van der Waals surface area contributed by atoms with Crippen LogP contribution in [0.4, 0.5) is 4.39 Å². The number of hydrogen-bond acceptors (Lipinski definition) is 4. The fourth-order valence-electron chi connectivity index (χ4n) is 5.93. The summed E-state index contributed by atoms with van der Waals surface area (Å²) in [7, 11) is 0. The molecule has 32 heavy (non-hydrogen) atoms. The third kappa shape index (κ3) is 3.69. The van der Waals surface area contributed by atoms with Crippen LogP contribution in [-0.2, 0) is 17.8 Å². The lowest BCUT2D eigenvalue weighted by Crippen LogP contribution is -2.38. The molecule has 2 aromatic rings. The summed E-state index contributed by atoms with van der Waals surface area (Å²) < 4.78 is 14.9. The smallest absolute Gasteiger partial charge is 0.309 e. The lowest BCUT2D eigenvalue weighted by Gasteiger charge is -2.36. The zero-order valence-corrected chi connectivity index (χ0v) is 18.5. The number of carboxylic acids is 1. The minimum absolute atomic E-state index is 0.0868. The molecule has 0 spiro atoms. The first-order valence-electron chi connectivity index (χ1n) is 11.1. The van der Waals surface area contributed by atoms with Crippen LogP contribution in [-0.4, -0.2) is 39.2 Å². The molecule has 2 heterocycles. The molecule has 1 aromatic heterocycles. The molecule has 0 unspecified atom stereocenters. The molecule has 1 aromatic carbocycles. The summed E-state index contributed by atoms with van der Waals surface area (Å²) >= 11 is 6.06. The fourth-order valence-corrected chi connectivity index (χ4v) is 6.11. The van der Waals surface area contributed by atoms with Crippen LogP contribution >= 0.6 is 11.6 Å². The van der Waals surface area contributed by atoms with Crippen LogP contribution in [0.2, 0.25) is 5.02 Å². The van der Waals surface area contributed by atoms with Gasteiger partial charge in [-0.05, 0) is 78.8 Å². The largest absolute Gasteiger partial charge is 0.506 e. The molecular formula is C25H26ClFN2O3. The second kappa shape index (κ2) is 7.85. The Bertz CT molecular complexity index is 1110. The number of hydrogen-bond donors (Lipinski definition) is 2. The van der Waals surface area contributed by atoms with Crippen LogP contribution in [0, 0.1) is 10.8 Å². The van der Waals surface area contributed by atoms with E-state index in [0.717, 1.165) is 69.3 Å². The molecule has 2 bridgehead atoms. The molecule has 5 nitrogen and oxygen atoms in total. The van der Waals surface area contributed by atoms with Crippen molar-refractivity contribution in [3.63, 3.8) is 0 Å². The average molecular weight is 457 g/mol. The number of carboxylic acid groups (broad SMARTS) is 1. The summed E-state index contributed by atoms with van der Waals surface area (Å²) in [6, 6.07) is 6.51. The van der Waals surface area contributed by atoms with Gasteiger partial charge in [-0.1, -0.05) is 23.7 Å². The number of carbonyl (C=O) groups is 1. The van der Waals surface area contributed by atoms with Crippen LogP contribution in [0.3, 0.4) is 0 Å². The molecule has 168 valence electrons. The molecular weight excluding hydrogens is 431 g/mol. The first-order chi connectivity index (χ1) is 15.3. The Morgan fingerprint density at radius 1 is 1.25 bits per heavy atom.